The summed E-state index contributed by atoms with van der Waals surface area (Å²) in [6, 6.07) is 11.9. The van der Waals surface area contributed by atoms with Crippen LogP contribution < -0.4 is 4.74 Å². The number of hydrogen-bond acceptors (Lipinski definition) is 7. The fourth-order valence-electron chi connectivity index (χ4n) is 3.06. The molecule has 1 unspecified atom stereocenters. The van der Waals surface area contributed by atoms with Crippen LogP contribution in [0.4, 0.5) is 0 Å². The second-order valence-electron chi connectivity index (χ2n) is 7.70. The Morgan fingerprint density at radius 3 is 2.38 bits per heavy atom. The van der Waals surface area contributed by atoms with Crippen molar-refractivity contribution in [2.45, 2.75) is 41.4 Å². The maximum absolute atomic E-state index is 13.0. The van der Waals surface area contributed by atoms with Gasteiger partial charge in [-0.3, -0.25) is 0 Å². The molecule has 0 aliphatic carbocycles. The third kappa shape index (κ3) is 4.62. The molecule has 0 spiro atoms. The Morgan fingerprint density at radius 2 is 1.76 bits per heavy atom. The van der Waals surface area contributed by atoms with Gasteiger partial charge in [0.25, 0.3) is 0 Å². The molecule has 0 radical (unpaired) electrons. The van der Waals surface area contributed by atoms with Crippen molar-refractivity contribution >= 4 is 25.6 Å². The van der Waals surface area contributed by atoms with E-state index in [1.165, 1.54) is 30.3 Å². The Bertz CT molecular complexity index is 1130. The molecule has 0 aromatic heterocycles. The van der Waals surface area contributed by atoms with Gasteiger partial charge in [0.1, 0.15) is 16.6 Å². The van der Waals surface area contributed by atoms with Crippen molar-refractivity contribution in [1.29, 1.82) is 0 Å². The minimum Gasteiger partial charge on any atom is -0.482 e. The number of carbonyl (C=O) groups excluding carboxylic acids is 1. The predicted molar refractivity (Wildman–Crippen MR) is 106 cm³/mol. The average Bonchev–Trinajstić information content (AvgIpc) is 2.91. The zero-order valence-electron chi connectivity index (χ0n) is 16.3. The van der Waals surface area contributed by atoms with Crippen molar-refractivity contribution in [3.8, 4) is 5.75 Å². The summed E-state index contributed by atoms with van der Waals surface area (Å²) in [7, 11) is -7.69. The zero-order valence-corrected chi connectivity index (χ0v) is 17.9. The van der Waals surface area contributed by atoms with E-state index in [0.29, 0.717) is 0 Å². The van der Waals surface area contributed by atoms with E-state index < -0.39 is 42.2 Å². The standard InChI is InChI=1S/C20H22O7S2/c1-20(2,3)27-19(21)12-26-14-9-10-16-17(11-14)28(22,23)13-18(16)29(24,25)15-7-5-4-6-8-15/h4-11,18H,12-13H2,1-3H3. The molecule has 156 valence electrons. The molecule has 7 nitrogen and oxygen atoms in total. The lowest BCUT2D eigenvalue weighted by Crippen LogP contribution is -2.27. The Hall–Kier alpha value is -2.39. The molecule has 0 amide bonds. The minimum absolute atomic E-state index is 0.0679. The van der Waals surface area contributed by atoms with Crippen molar-refractivity contribution in [3.05, 3.63) is 54.1 Å². The number of hydrogen-bond donors (Lipinski definition) is 0. The molecule has 3 rings (SSSR count). The van der Waals surface area contributed by atoms with E-state index in [1.54, 1.807) is 39.0 Å². The second kappa shape index (κ2) is 7.46. The summed E-state index contributed by atoms with van der Waals surface area (Å²) in [5.74, 6) is -0.976. The van der Waals surface area contributed by atoms with Crippen LogP contribution in [0.3, 0.4) is 0 Å². The van der Waals surface area contributed by atoms with Crippen molar-refractivity contribution in [2.24, 2.45) is 0 Å². The van der Waals surface area contributed by atoms with Gasteiger partial charge in [0, 0.05) is 0 Å². The van der Waals surface area contributed by atoms with E-state index in [1.807, 2.05) is 0 Å². The van der Waals surface area contributed by atoms with Gasteiger partial charge >= 0.3 is 5.97 Å². The van der Waals surface area contributed by atoms with Gasteiger partial charge < -0.3 is 9.47 Å². The lowest BCUT2D eigenvalue weighted by molar-refractivity contribution is -0.157. The van der Waals surface area contributed by atoms with Crippen LogP contribution in [0.2, 0.25) is 0 Å². The Kier molecular flexibility index (Phi) is 5.48. The number of carbonyl (C=O) groups is 1. The van der Waals surface area contributed by atoms with Gasteiger partial charge in [-0.05, 0) is 50.6 Å². The summed E-state index contributed by atoms with van der Waals surface area (Å²) in [6.07, 6.45) is 0. The lowest BCUT2D eigenvalue weighted by Gasteiger charge is -2.19. The molecule has 1 aliphatic rings. The molecule has 0 fully saturated rings. The van der Waals surface area contributed by atoms with E-state index in [4.69, 9.17) is 9.47 Å². The molecule has 1 atom stereocenters. The largest absolute Gasteiger partial charge is 0.482 e. The van der Waals surface area contributed by atoms with E-state index >= 15 is 0 Å². The van der Waals surface area contributed by atoms with Gasteiger partial charge in [0.2, 0.25) is 0 Å². The summed E-state index contributed by atoms with van der Waals surface area (Å²) in [5, 5.41) is -1.19. The van der Waals surface area contributed by atoms with Crippen molar-refractivity contribution in [2.75, 3.05) is 12.4 Å². The molecule has 2 aromatic rings. The van der Waals surface area contributed by atoms with Crippen LogP contribution in [0.25, 0.3) is 0 Å². The highest BCUT2D eigenvalue weighted by atomic mass is 32.2. The molecule has 0 bridgehead atoms. The molecule has 0 saturated heterocycles. The molecule has 9 heteroatoms. The topological polar surface area (TPSA) is 104 Å². The normalized spacial score (nSPS) is 18.1. The first-order valence-corrected chi connectivity index (χ1v) is 12.1. The van der Waals surface area contributed by atoms with Gasteiger partial charge in [0.05, 0.1) is 15.5 Å². The zero-order chi connectivity index (χ0) is 21.4. The minimum atomic E-state index is -3.88. The van der Waals surface area contributed by atoms with E-state index in [2.05, 4.69) is 0 Å². The van der Waals surface area contributed by atoms with Gasteiger partial charge in [-0.15, -0.1) is 0 Å². The number of rotatable bonds is 5. The number of esters is 1. The molecular formula is C20H22O7S2. The number of ether oxygens (including phenoxy) is 2. The Labute approximate surface area is 170 Å². The quantitative estimate of drug-likeness (QED) is 0.661. The SMILES string of the molecule is CC(C)(C)OC(=O)COc1ccc2c(c1)S(=O)(=O)CC2S(=O)(=O)c1ccccc1. The summed E-state index contributed by atoms with van der Waals surface area (Å²) >= 11 is 0. The van der Waals surface area contributed by atoms with Crippen molar-refractivity contribution in [3.63, 3.8) is 0 Å². The second-order valence-corrected chi connectivity index (χ2v) is 11.8. The van der Waals surface area contributed by atoms with Crippen LogP contribution in [-0.2, 0) is 29.2 Å². The fraction of sp³-hybridized carbons (Fsp3) is 0.350. The van der Waals surface area contributed by atoms with E-state index in [-0.39, 0.29) is 27.7 Å². The highest BCUT2D eigenvalue weighted by Crippen LogP contribution is 2.42. The highest BCUT2D eigenvalue weighted by molar-refractivity contribution is 7.96. The first kappa shape index (κ1) is 21.3. The fourth-order valence-corrected chi connectivity index (χ4v) is 7.42. The lowest BCUT2D eigenvalue weighted by atomic mass is 10.1. The molecule has 0 N–H and O–H groups in total. The molecule has 2 aromatic carbocycles. The first-order valence-electron chi connectivity index (χ1n) is 8.90. The summed E-state index contributed by atoms with van der Waals surface area (Å²) in [5.41, 5.74) is -0.459. The Balaban J connectivity index is 1.87. The molecule has 0 saturated carbocycles. The highest BCUT2D eigenvalue weighted by Gasteiger charge is 2.43. The Morgan fingerprint density at radius 1 is 1.10 bits per heavy atom. The smallest absolute Gasteiger partial charge is 0.344 e. The van der Waals surface area contributed by atoms with Crippen LogP contribution in [-0.4, -0.2) is 40.8 Å². The molecule has 29 heavy (non-hydrogen) atoms. The van der Waals surface area contributed by atoms with Crippen molar-refractivity contribution < 1.29 is 31.1 Å². The first-order chi connectivity index (χ1) is 13.4. The van der Waals surface area contributed by atoms with Gasteiger partial charge in [-0.1, -0.05) is 24.3 Å². The molecular weight excluding hydrogens is 416 g/mol. The third-order valence-corrected chi connectivity index (χ3v) is 8.37. The van der Waals surface area contributed by atoms with Crippen LogP contribution >= 0.6 is 0 Å². The van der Waals surface area contributed by atoms with Gasteiger partial charge in [-0.2, -0.15) is 0 Å². The van der Waals surface area contributed by atoms with E-state index in [9.17, 15) is 21.6 Å². The maximum Gasteiger partial charge on any atom is 0.344 e. The van der Waals surface area contributed by atoms with E-state index in [0.717, 1.165) is 0 Å². The van der Waals surface area contributed by atoms with Crippen LogP contribution in [0.1, 0.15) is 31.6 Å². The van der Waals surface area contributed by atoms with Crippen LogP contribution in [0.5, 0.6) is 5.75 Å². The van der Waals surface area contributed by atoms with Crippen molar-refractivity contribution in [1.82, 2.24) is 0 Å². The average molecular weight is 439 g/mol. The maximum atomic E-state index is 13.0. The predicted octanol–water partition coefficient (Wildman–Crippen LogP) is 2.71. The number of benzene rings is 2. The summed E-state index contributed by atoms with van der Waals surface area (Å²) < 4.78 is 61.6. The molecule has 1 aliphatic heterocycles. The number of fused-ring (bicyclic) bond motifs is 1. The summed E-state index contributed by atoms with van der Waals surface area (Å²) in [4.78, 5) is 11.8. The van der Waals surface area contributed by atoms with Gasteiger partial charge in [0.15, 0.2) is 26.3 Å². The van der Waals surface area contributed by atoms with Gasteiger partial charge in [-0.25, -0.2) is 21.6 Å². The summed E-state index contributed by atoms with van der Waals surface area (Å²) in [6.45, 7) is 4.78. The van der Waals surface area contributed by atoms with Crippen LogP contribution in [0, 0.1) is 0 Å². The third-order valence-electron chi connectivity index (χ3n) is 4.26. The number of sulfone groups is 2. The molecule has 1 heterocycles. The monoisotopic (exact) mass is 438 g/mol. The van der Waals surface area contributed by atoms with Crippen LogP contribution in [0.15, 0.2) is 58.3 Å².